The quantitative estimate of drug-likeness (QED) is 0.254. The third-order valence-corrected chi connectivity index (χ3v) is 5.85. The number of aromatic nitrogens is 2. The molecular weight excluding hydrogens is 512 g/mol. The molecule has 0 atom stereocenters. The van der Waals surface area contributed by atoms with Crippen LogP contribution >= 0.6 is 34.8 Å². The van der Waals surface area contributed by atoms with Crippen LogP contribution in [0.4, 0.5) is 13.2 Å². The summed E-state index contributed by atoms with van der Waals surface area (Å²) in [5, 5.41) is 4.48. The Labute approximate surface area is 208 Å². The van der Waals surface area contributed by atoms with E-state index in [1.165, 1.54) is 19.2 Å². The predicted octanol–water partition coefficient (Wildman–Crippen LogP) is 8.11. The zero-order valence-corrected chi connectivity index (χ0v) is 19.8. The maximum atomic E-state index is 13.3. The van der Waals surface area contributed by atoms with Crippen LogP contribution in [0.15, 0.2) is 66.7 Å². The molecule has 0 spiro atoms. The Kier molecular flexibility index (Phi) is 6.98. The van der Waals surface area contributed by atoms with Crippen molar-refractivity contribution in [2.75, 3.05) is 7.11 Å². The van der Waals surface area contributed by atoms with Gasteiger partial charge < -0.3 is 9.47 Å². The summed E-state index contributed by atoms with van der Waals surface area (Å²) in [6, 6.07) is 18.0. The topological polar surface area (TPSA) is 36.3 Å². The molecule has 0 aliphatic carbocycles. The van der Waals surface area contributed by atoms with Gasteiger partial charge in [0.25, 0.3) is 0 Å². The summed E-state index contributed by atoms with van der Waals surface area (Å²) < 4.78 is 52.0. The highest BCUT2D eigenvalue weighted by molar-refractivity contribution is 6.37. The van der Waals surface area contributed by atoms with Gasteiger partial charge in [-0.2, -0.15) is 18.3 Å². The highest BCUT2D eigenvalue weighted by Crippen LogP contribution is 2.34. The molecule has 4 nitrogen and oxygen atoms in total. The maximum Gasteiger partial charge on any atom is 0.435 e. The van der Waals surface area contributed by atoms with Crippen LogP contribution in [0.2, 0.25) is 15.1 Å². The van der Waals surface area contributed by atoms with Crippen LogP contribution in [0.1, 0.15) is 11.4 Å². The van der Waals surface area contributed by atoms with Crippen LogP contribution in [-0.2, 0) is 12.8 Å². The number of nitrogens with zero attached hydrogens (tertiary/aromatic N) is 2. The molecule has 176 valence electrons. The Hall–Kier alpha value is -2.87. The van der Waals surface area contributed by atoms with Crippen molar-refractivity contribution in [2.24, 2.45) is 0 Å². The van der Waals surface area contributed by atoms with Crippen molar-refractivity contribution in [2.45, 2.75) is 12.8 Å². The molecule has 0 saturated carbocycles. The molecule has 0 radical (unpaired) electrons. The van der Waals surface area contributed by atoms with Gasteiger partial charge in [-0.3, -0.25) is 0 Å². The van der Waals surface area contributed by atoms with Gasteiger partial charge in [0, 0.05) is 0 Å². The van der Waals surface area contributed by atoms with Gasteiger partial charge in [0.05, 0.1) is 27.9 Å². The van der Waals surface area contributed by atoms with Gasteiger partial charge in [0.15, 0.2) is 5.69 Å². The fourth-order valence-electron chi connectivity index (χ4n) is 3.29. The number of benzene rings is 3. The highest BCUT2D eigenvalue weighted by Gasteiger charge is 2.35. The fraction of sp³-hybridized carbons (Fsp3) is 0.125. The molecule has 0 aliphatic rings. The molecule has 0 unspecified atom stereocenters. The normalized spacial score (nSPS) is 11.5. The molecule has 1 heterocycles. The molecule has 4 aromatic rings. The first-order chi connectivity index (χ1) is 16.2. The lowest BCUT2D eigenvalue weighted by Gasteiger charge is -2.12. The fourth-order valence-corrected chi connectivity index (χ4v) is 4.11. The molecule has 10 heteroatoms. The summed E-state index contributed by atoms with van der Waals surface area (Å²) in [6.45, 7) is -0.196. The second-order valence-electron chi connectivity index (χ2n) is 7.16. The lowest BCUT2D eigenvalue weighted by atomic mass is 10.1. The minimum atomic E-state index is -4.64. The van der Waals surface area contributed by atoms with Gasteiger partial charge in [-0.05, 0) is 53.6 Å². The van der Waals surface area contributed by atoms with E-state index in [0.29, 0.717) is 16.5 Å². The Morgan fingerprint density at radius 1 is 0.853 bits per heavy atom. The van der Waals surface area contributed by atoms with Crippen molar-refractivity contribution >= 4 is 34.8 Å². The first kappa shape index (κ1) is 24.3. The molecule has 34 heavy (non-hydrogen) atoms. The average molecular weight is 528 g/mol. The summed E-state index contributed by atoms with van der Waals surface area (Å²) in [5.74, 6) is 1.02. The van der Waals surface area contributed by atoms with Crippen molar-refractivity contribution in [1.82, 2.24) is 9.78 Å². The molecule has 0 fully saturated rings. The molecular formula is C24H16Cl3F3N2O2. The van der Waals surface area contributed by atoms with Crippen LogP contribution in [0.5, 0.6) is 11.5 Å². The highest BCUT2D eigenvalue weighted by atomic mass is 35.5. The van der Waals surface area contributed by atoms with Gasteiger partial charge in [0.2, 0.25) is 0 Å². The van der Waals surface area contributed by atoms with E-state index in [0.717, 1.165) is 21.9 Å². The Morgan fingerprint density at radius 2 is 1.50 bits per heavy atom. The number of ether oxygens (including phenoxy) is 2. The summed E-state index contributed by atoms with van der Waals surface area (Å²) in [5.41, 5.74) is 0.955. The summed E-state index contributed by atoms with van der Waals surface area (Å²) in [6.07, 6.45) is -4.64. The molecule has 4 rings (SSSR count). The Morgan fingerprint density at radius 3 is 2.09 bits per heavy atom. The molecule has 0 amide bonds. The number of alkyl halides is 3. The minimum Gasteiger partial charge on any atom is -0.495 e. The summed E-state index contributed by atoms with van der Waals surface area (Å²) in [7, 11) is 1.54. The maximum absolute atomic E-state index is 13.3. The molecule has 0 aliphatic heterocycles. The van der Waals surface area contributed by atoms with Gasteiger partial charge in [-0.15, -0.1) is 0 Å². The lowest BCUT2D eigenvalue weighted by Crippen LogP contribution is -2.09. The van der Waals surface area contributed by atoms with E-state index in [1.54, 1.807) is 30.3 Å². The number of para-hydroxylation sites is 1. The molecule has 3 aromatic carbocycles. The van der Waals surface area contributed by atoms with Crippen molar-refractivity contribution in [3.05, 3.63) is 93.2 Å². The summed E-state index contributed by atoms with van der Waals surface area (Å²) >= 11 is 18.6. The zero-order valence-electron chi connectivity index (χ0n) is 17.5. The predicted molar refractivity (Wildman–Crippen MR) is 126 cm³/mol. The van der Waals surface area contributed by atoms with E-state index in [4.69, 9.17) is 44.3 Å². The molecule has 0 saturated heterocycles. The third-order valence-electron chi connectivity index (χ3n) is 4.95. The van der Waals surface area contributed by atoms with E-state index in [9.17, 15) is 13.2 Å². The largest absolute Gasteiger partial charge is 0.495 e. The van der Waals surface area contributed by atoms with Crippen molar-refractivity contribution in [3.8, 4) is 28.3 Å². The van der Waals surface area contributed by atoms with E-state index in [1.807, 2.05) is 18.2 Å². The van der Waals surface area contributed by atoms with Crippen LogP contribution in [0.3, 0.4) is 0 Å². The van der Waals surface area contributed by atoms with Crippen LogP contribution in [0.25, 0.3) is 16.8 Å². The van der Waals surface area contributed by atoms with Crippen LogP contribution in [0, 0.1) is 0 Å². The summed E-state index contributed by atoms with van der Waals surface area (Å²) in [4.78, 5) is 0. The van der Waals surface area contributed by atoms with Gasteiger partial charge >= 0.3 is 6.18 Å². The number of halogens is 6. The van der Waals surface area contributed by atoms with Gasteiger partial charge in [0.1, 0.15) is 23.8 Å². The van der Waals surface area contributed by atoms with Crippen LogP contribution in [-0.4, -0.2) is 16.9 Å². The number of rotatable bonds is 6. The monoisotopic (exact) mass is 526 g/mol. The van der Waals surface area contributed by atoms with Crippen molar-refractivity contribution in [1.29, 1.82) is 0 Å². The van der Waals surface area contributed by atoms with E-state index < -0.39 is 11.9 Å². The first-order valence-corrected chi connectivity index (χ1v) is 11.0. The zero-order chi connectivity index (χ0) is 24.5. The first-order valence-electron chi connectivity index (χ1n) is 9.84. The van der Waals surface area contributed by atoms with Crippen molar-refractivity contribution in [3.63, 3.8) is 0 Å². The second-order valence-corrected chi connectivity index (χ2v) is 8.38. The molecule has 0 bridgehead atoms. The van der Waals surface area contributed by atoms with E-state index in [2.05, 4.69) is 5.10 Å². The Bertz CT molecular complexity index is 1300. The number of methoxy groups -OCH3 is 1. The lowest BCUT2D eigenvalue weighted by molar-refractivity contribution is -0.141. The third kappa shape index (κ3) is 5.12. The minimum absolute atomic E-state index is 0.133. The smallest absolute Gasteiger partial charge is 0.435 e. The molecule has 0 N–H and O–H groups in total. The van der Waals surface area contributed by atoms with Gasteiger partial charge in [-0.1, -0.05) is 59.1 Å². The van der Waals surface area contributed by atoms with Gasteiger partial charge in [-0.25, -0.2) is 4.68 Å². The van der Waals surface area contributed by atoms with E-state index in [-0.39, 0.29) is 28.0 Å². The standard InChI is InChI=1S/C24H16Cl3F3N2O2/c1-33-21-10-7-15(11-20(21)27)14-5-8-17(9-6-14)34-13-16-12-22(24(28,29)30)31-32(16)23-18(25)3-2-4-19(23)26/h2-12H,13H2,1H3. The number of hydrogen-bond acceptors (Lipinski definition) is 3. The van der Waals surface area contributed by atoms with Crippen molar-refractivity contribution < 1.29 is 22.6 Å². The average Bonchev–Trinajstić information content (AvgIpc) is 3.22. The molecule has 1 aromatic heterocycles. The SMILES string of the molecule is COc1ccc(-c2ccc(OCc3cc(C(F)(F)F)nn3-c3c(Cl)cccc3Cl)cc2)cc1Cl. The Balaban J connectivity index is 1.59. The van der Waals surface area contributed by atoms with E-state index >= 15 is 0 Å². The number of hydrogen-bond donors (Lipinski definition) is 0. The van der Waals surface area contributed by atoms with Crippen LogP contribution < -0.4 is 9.47 Å². The second kappa shape index (κ2) is 9.78.